The van der Waals surface area contributed by atoms with Crippen LogP contribution >= 0.6 is 0 Å². The van der Waals surface area contributed by atoms with Crippen molar-refractivity contribution >= 4 is 22.8 Å². The first-order valence-corrected chi connectivity index (χ1v) is 8.73. The number of allylic oxidation sites excluding steroid dienone is 1. The molecule has 6 heteroatoms. The Labute approximate surface area is 146 Å². The molecule has 0 saturated carbocycles. The number of fused-ring (bicyclic) bond motifs is 1. The number of benzene rings is 1. The molecular formula is C19H23N3O3. The van der Waals surface area contributed by atoms with Crippen LogP contribution in [0.3, 0.4) is 0 Å². The quantitative estimate of drug-likeness (QED) is 0.624. The van der Waals surface area contributed by atoms with E-state index in [2.05, 4.69) is 21.6 Å². The van der Waals surface area contributed by atoms with Gasteiger partial charge in [0, 0.05) is 11.9 Å². The Morgan fingerprint density at radius 2 is 2.24 bits per heavy atom. The molecule has 1 aromatic carbocycles. The lowest BCUT2D eigenvalue weighted by Gasteiger charge is -2.15. The number of amides is 1. The van der Waals surface area contributed by atoms with Crippen molar-refractivity contribution in [3.05, 3.63) is 41.6 Å². The molecule has 1 aromatic heterocycles. The molecule has 0 aliphatic heterocycles. The predicted molar refractivity (Wildman–Crippen MR) is 95.1 cm³/mol. The second kappa shape index (κ2) is 7.96. The summed E-state index contributed by atoms with van der Waals surface area (Å²) in [5.74, 6) is -0.790. The Hall–Kier alpha value is -2.63. The van der Waals surface area contributed by atoms with Crippen LogP contribution in [0.25, 0.3) is 10.9 Å². The highest BCUT2D eigenvalue weighted by Crippen LogP contribution is 2.19. The number of nitrogens with zero attached hydrogens (tertiary/aromatic N) is 1. The third-order valence-corrected chi connectivity index (χ3v) is 4.46. The molecule has 0 unspecified atom stereocenters. The van der Waals surface area contributed by atoms with Crippen LogP contribution in [0.1, 0.15) is 49.4 Å². The van der Waals surface area contributed by atoms with E-state index in [-0.39, 0.29) is 5.91 Å². The van der Waals surface area contributed by atoms with Crippen LogP contribution in [0, 0.1) is 0 Å². The fraction of sp³-hybridized carbons (Fsp3) is 0.421. The molecule has 1 aliphatic carbocycles. The number of esters is 1. The van der Waals surface area contributed by atoms with Crippen molar-refractivity contribution in [2.45, 2.75) is 45.1 Å². The van der Waals surface area contributed by atoms with Crippen LogP contribution in [0.4, 0.5) is 0 Å². The molecule has 0 fully saturated rings. The van der Waals surface area contributed by atoms with E-state index >= 15 is 0 Å². The van der Waals surface area contributed by atoms with E-state index in [0.717, 1.165) is 30.2 Å². The molecule has 0 saturated heterocycles. The van der Waals surface area contributed by atoms with Gasteiger partial charge in [-0.05, 0) is 51.2 Å². The minimum absolute atomic E-state index is 0.271. The van der Waals surface area contributed by atoms with Crippen LogP contribution < -0.4 is 5.32 Å². The first-order chi connectivity index (χ1) is 12.1. The minimum atomic E-state index is -0.828. The third-order valence-electron chi connectivity index (χ3n) is 4.46. The number of carbonyl (C=O) groups is 2. The van der Waals surface area contributed by atoms with E-state index in [1.54, 1.807) is 31.3 Å². The minimum Gasteiger partial charge on any atom is -0.449 e. The van der Waals surface area contributed by atoms with E-state index in [1.165, 1.54) is 18.4 Å². The Morgan fingerprint density at radius 1 is 1.36 bits per heavy atom. The molecule has 25 heavy (non-hydrogen) atoms. The molecule has 0 bridgehead atoms. The molecule has 6 nitrogen and oxygen atoms in total. The summed E-state index contributed by atoms with van der Waals surface area (Å²) < 4.78 is 5.27. The van der Waals surface area contributed by atoms with Crippen molar-refractivity contribution in [2.75, 3.05) is 6.54 Å². The number of aromatic amines is 1. The maximum atomic E-state index is 12.2. The summed E-state index contributed by atoms with van der Waals surface area (Å²) >= 11 is 0. The molecule has 2 aromatic rings. The summed E-state index contributed by atoms with van der Waals surface area (Å²) in [6.45, 7) is 2.16. The van der Waals surface area contributed by atoms with E-state index in [9.17, 15) is 9.59 Å². The molecule has 0 spiro atoms. The number of H-pyrrole nitrogens is 1. The zero-order valence-electron chi connectivity index (χ0n) is 14.4. The first-order valence-electron chi connectivity index (χ1n) is 8.73. The van der Waals surface area contributed by atoms with Gasteiger partial charge in [0.2, 0.25) is 0 Å². The molecule has 1 amide bonds. The van der Waals surface area contributed by atoms with E-state index < -0.39 is 12.1 Å². The predicted octanol–water partition coefficient (Wildman–Crippen LogP) is 3.11. The van der Waals surface area contributed by atoms with Crippen molar-refractivity contribution in [1.29, 1.82) is 0 Å². The number of hydrogen-bond donors (Lipinski definition) is 2. The number of hydrogen-bond acceptors (Lipinski definition) is 4. The fourth-order valence-corrected chi connectivity index (χ4v) is 2.97. The number of rotatable bonds is 6. The van der Waals surface area contributed by atoms with Crippen LogP contribution in [0.5, 0.6) is 0 Å². The second-order valence-electron chi connectivity index (χ2n) is 6.37. The highest BCUT2D eigenvalue weighted by molar-refractivity contribution is 5.95. The van der Waals surface area contributed by atoms with Gasteiger partial charge >= 0.3 is 5.97 Å². The fourth-order valence-electron chi connectivity index (χ4n) is 2.97. The maximum absolute atomic E-state index is 12.2. The summed E-state index contributed by atoms with van der Waals surface area (Å²) in [6.07, 6.45) is 8.73. The lowest BCUT2D eigenvalue weighted by atomic mass is 9.97. The van der Waals surface area contributed by atoms with Gasteiger partial charge in [0.05, 0.1) is 17.3 Å². The van der Waals surface area contributed by atoms with Crippen molar-refractivity contribution in [3.63, 3.8) is 0 Å². The molecule has 1 heterocycles. The first kappa shape index (κ1) is 17.2. The summed E-state index contributed by atoms with van der Waals surface area (Å²) in [7, 11) is 0. The highest BCUT2D eigenvalue weighted by atomic mass is 16.5. The molecule has 1 aliphatic rings. The second-order valence-corrected chi connectivity index (χ2v) is 6.37. The molecule has 0 radical (unpaired) electrons. The Bertz CT molecular complexity index is 794. The highest BCUT2D eigenvalue weighted by Gasteiger charge is 2.19. The molecule has 1 atom stereocenters. The van der Waals surface area contributed by atoms with E-state index in [1.807, 2.05) is 0 Å². The van der Waals surface area contributed by atoms with Gasteiger partial charge in [-0.15, -0.1) is 0 Å². The lowest BCUT2D eigenvalue weighted by Crippen LogP contribution is -2.36. The van der Waals surface area contributed by atoms with Gasteiger partial charge in [-0.3, -0.25) is 9.89 Å². The zero-order chi connectivity index (χ0) is 17.6. The number of aromatic nitrogens is 2. The Balaban J connectivity index is 1.48. The number of ether oxygens (including phenoxy) is 1. The largest absolute Gasteiger partial charge is 0.449 e. The standard InChI is InChI=1S/C19H23N3O3/c1-13(18(23)20-10-9-14-5-3-2-4-6-14)25-19(24)15-7-8-16-12-21-22-17(16)11-15/h5,7-8,11-13H,2-4,6,9-10H2,1H3,(H,20,23)(H,21,22)/t13-/m1/s1. The Morgan fingerprint density at radius 3 is 3.04 bits per heavy atom. The van der Waals surface area contributed by atoms with Crippen LogP contribution in [-0.2, 0) is 9.53 Å². The van der Waals surface area contributed by atoms with Gasteiger partial charge in [-0.2, -0.15) is 5.10 Å². The summed E-state index contributed by atoms with van der Waals surface area (Å²) in [4.78, 5) is 24.3. The summed E-state index contributed by atoms with van der Waals surface area (Å²) in [6, 6.07) is 5.13. The van der Waals surface area contributed by atoms with Crippen molar-refractivity contribution in [2.24, 2.45) is 0 Å². The lowest BCUT2D eigenvalue weighted by molar-refractivity contribution is -0.129. The van der Waals surface area contributed by atoms with Gasteiger partial charge in [0.1, 0.15) is 0 Å². The van der Waals surface area contributed by atoms with Crippen LogP contribution in [0.15, 0.2) is 36.0 Å². The normalized spacial score (nSPS) is 15.5. The van der Waals surface area contributed by atoms with Gasteiger partial charge in [-0.25, -0.2) is 4.79 Å². The van der Waals surface area contributed by atoms with Crippen LogP contribution in [-0.4, -0.2) is 34.7 Å². The molecule has 132 valence electrons. The summed E-state index contributed by atoms with van der Waals surface area (Å²) in [5.41, 5.74) is 2.56. The smallest absolute Gasteiger partial charge is 0.338 e. The molecule has 3 rings (SSSR count). The van der Waals surface area contributed by atoms with E-state index in [4.69, 9.17) is 4.74 Å². The van der Waals surface area contributed by atoms with Gasteiger partial charge in [-0.1, -0.05) is 17.7 Å². The Kier molecular flexibility index (Phi) is 5.48. The molecule has 2 N–H and O–H groups in total. The number of nitrogens with one attached hydrogen (secondary N) is 2. The SMILES string of the molecule is C[C@@H](OC(=O)c1ccc2cn[nH]c2c1)C(=O)NCCC1=CCCCC1. The maximum Gasteiger partial charge on any atom is 0.338 e. The van der Waals surface area contributed by atoms with Gasteiger partial charge < -0.3 is 10.1 Å². The van der Waals surface area contributed by atoms with Crippen molar-refractivity contribution < 1.29 is 14.3 Å². The van der Waals surface area contributed by atoms with E-state index in [0.29, 0.717) is 12.1 Å². The topological polar surface area (TPSA) is 84.1 Å². The third kappa shape index (κ3) is 4.47. The van der Waals surface area contributed by atoms with Crippen LogP contribution in [0.2, 0.25) is 0 Å². The van der Waals surface area contributed by atoms with Crippen molar-refractivity contribution in [3.8, 4) is 0 Å². The monoisotopic (exact) mass is 341 g/mol. The average Bonchev–Trinajstić information content (AvgIpc) is 3.10. The summed E-state index contributed by atoms with van der Waals surface area (Å²) in [5, 5.41) is 10.5. The number of carbonyl (C=O) groups excluding carboxylic acids is 2. The average molecular weight is 341 g/mol. The zero-order valence-corrected chi connectivity index (χ0v) is 14.4. The van der Waals surface area contributed by atoms with Gasteiger partial charge in [0.25, 0.3) is 5.91 Å². The van der Waals surface area contributed by atoms with Crippen molar-refractivity contribution in [1.82, 2.24) is 15.5 Å². The van der Waals surface area contributed by atoms with Gasteiger partial charge in [0.15, 0.2) is 6.10 Å². The molecular weight excluding hydrogens is 318 g/mol.